The number of halogens is 2. The van der Waals surface area contributed by atoms with Crippen LogP contribution in [0.3, 0.4) is 0 Å². The molecule has 0 amide bonds. The van der Waals surface area contributed by atoms with Gasteiger partial charge in [0.2, 0.25) is 0 Å². The van der Waals surface area contributed by atoms with Crippen LogP contribution in [0.4, 0.5) is 10.1 Å². The van der Waals surface area contributed by atoms with Gasteiger partial charge in [-0.25, -0.2) is 4.39 Å². The molecule has 0 bridgehead atoms. The zero-order chi connectivity index (χ0) is 13.8. The summed E-state index contributed by atoms with van der Waals surface area (Å²) in [5.41, 5.74) is 2.15. The van der Waals surface area contributed by atoms with Crippen LogP contribution in [0.15, 0.2) is 41.0 Å². The van der Waals surface area contributed by atoms with E-state index in [1.165, 1.54) is 12.1 Å². The van der Waals surface area contributed by atoms with Crippen molar-refractivity contribution < 1.29 is 9.50 Å². The minimum atomic E-state index is -0.366. The Bertz CT molecular complexity index is 540. The second-order valence-corrected chi connectivity index (χ2v) is 5.21. The molecule has 1 atom stereocenters. The molecule has 5 heteroatoms. The molecule has 1 unspecified atom stereocenters. The van der Waals surface area contributed by atoms with E-state index in [1.54, 1.807) is 6.20 Å². The molecule has 2 rings (SSSR count). The van der Waals surface area contributed by atoms with E-state index in [1.807, 2.05) is 25.1 Å². The van der Waals surface area contributed by atoms with E-state index in [0.29, 0.717) is 11.4 Å². The quantitative estimate of drug-likeness (QED) is 0.905. The number of hydrogen-bond donors (Lipinski definition) is 2. The summed E-state index contributed by atoms with van der Waals surface area (Å²) in [6, 6.07) is 7.97. The molecule has 0 aliphatic carbocycles. The third-order valence-corrected chi connectivity index (χ3v) is 3.14. The minimum Gasteiger partial charge on any atom is -0.394 e. The lowest BCUT2D eigenvalue weighted by Gasteiger charge is -2.17. The van der Waals surface area contributed by atoms with E-state index in [4.69, 9.17) is 0 Å². The molecule has 0 saturated heterocycles. The molecule has 19 heavy (non-hydrogen) atoms. The average molecular weight is 325 g/mol. The summed E-state index contributed by atoms with van der Waals surface area (Å²) in [5.74, 6) is -0.303. The zero-order valence-electron chi connectivity index (χ0n) is 10.4. The monoisotopic (exact) mass is 324 g/mol. The van der Waals surface area contributed by atoms with Gasteiger partial charge in [0.1, 0.15) is 5.82 Å². The van der Waals surface area contributed by atoms with E-state index in [0.717, 1.165) is 10.0 Å². The fourth-order valence-corrected chi connectivity index (χ4v) is 2.06. The average Bonchev–Trinajstić information content (AvgIpc) is 2.36. The Morgan fingerprint density at radius 1 is 1.37 bits per heavy atom. The summed E-state index contributed by atoms with van der Waals surface area (Å²) < 4.78 is 14.2. The predicted octanol–water partition coefficient (Wildman–Crippen LogP) is 3.44. The summed E-state index contributed by atoms with van der Waals surface area (Å²) in [4.78, 5) is 4.23. The van der Waals surface area contributed by atoms with Crippen molar-refractivity contribution in [3.63, 3.8) is 0 Å². The largest absolute Gasteiger partial charge is 0.394 e. The van der Waals surface area contributed by atoms with Crippen LogP contribution in [0.1, 0.15) is 17.3 Å². The SMILES string of the molecule is Cc1cc(F)cc(NC(CO)c2ccc(Br)cn2)c1. The molecule has 0 radical (unpaired) electrons. The number of aliphatic hydroxyl groups excluding tert-OH is 1. The van der Waals surface area contributed by atoms with Gasteiger partial charge in [0.25, 0.3) is 0 Å². The van der Waals surface area contributed by atoms with Crippen molar-refractivity contribution in [2.75, 3.05) is 11.9 Å². The van der Waals surface area contributed by atoms with Crippen molar-refractivity contribution in [3.8, 4) is 0 Å². The first kappa shape index (κ1) is 14.0. The van der Waals surface area contributed by atoms with Crippen LogP contribution in [0.25, 0.3) is 0 Å². The molecular formula is C14H14BrFN2O. The van der Waals surface area contributed by atoms with Crippen LogP contribution >= 0.6 is 15.9 Å². The number of nitrogens with zero attached hydrogens (tertiary/aromatic N) is 1. The van der Waals surface area contributed by atoms with Gasteiger partial charge in [-0.05, 0) is 58.7 Å². The maximum atomic E-state index is 13.3. The standard InChI is InChI=1S/C14H14BrFN2O/c1-9-4-11(16)6-12(5-9)18-14(8-19)13-3-2-10(15)7-17-13/h2-7,14,18-19H,8H2,1H3. The van der Waals surface area contributed by atoms with Gasteiger partial charge in [0.15, 0.2) is 0 Å². The van der Waals surface area contributed by atoms with Crippen molar-refractivity contribution in [2.24, 2.45) is 0 Å². The highest BCUT2D eigenvalue weighted by molar-refractivity contribution is 9.10. The molecule has 3 nitrogen and oxygen atoms in total. The smallest absolute Gasteiger partial charge is 0.125 e. The van der Waals surface area contributed by atoms with Crippen molar-refractivity contribution in [1.29, 1.82) is 0 Å². The van der Waals surface area contributed by atoms with Crippen molar-refractivity contribution in [1.82, 2.24) is 4.98 Å². The zero-order valence-corrected chi connectivity index (χ0v) is 12.0. The first-order chi connectivity index (χ1) is 9.08. The summed E-state index contributed by atoms with van der Waals surface area (Å²) in [6.07, 6.45) is 1.66. The first-order valence-electron chi connectivity index (χ1n) is 5.84. The van der Waals surface area contributed by atoms with E-state index >= 15 is 0 Å². The number of aromatic nitrogens is 1. The van der Waals surface area contributed by atoms with Gasteiger partial charge in [-0.3, -0.25) is 4.98 Å². The normalized spacial score (nSPS) is 12.2. The number of benzene rings is 1. The maximum absolute atomic E-state index is 13.3. The number of nitrogens with one attached hydrogen (secondary N) is 1. The Morgan fingerprint density at radius 2 is 2.16 bits per heavy atom. The number of rotatable bonds is 4. The summed E-state index contributed by atoms with van der Waals surface area (Å²) >= 11 is 3.31. The number of aliphatic hydroxyl groups is 1. The highest BCUT2D eigenvalue weighted by Gasteiger charge is 2.12. The van der Waals surface area contributed by atoms with Crippen LogP contribution in [0.5, 0.6) is 0 Å². The lowest BCUT2D eigenvalue weighted by molar-refractivity contribution is 0.274. The molecular weight excluding hydrogens is 311 g/mol. The summed E-state index contributed by atoms with van der Waals surface area (Å²) in [5, 5.41) is 12.5. The molecule has 1 heterocycles. The number of aryl methyl sites for hydroxylation is 1. The number of hydrogen-bond acceptors (Lipinski definition) is 3. The Balaban J connectivity index is 2.21. The molecule has 0 aliphatic rings. The molecule has 0 saturated carbocycles. The number of anilines is 1. The Labute approximate surface area is 119 Å². The van der Waals surface area contributed by atoms with Crippen molar-refractivity contribution >= 4 is 21.6 Å². The molecule has 1 aromatic carbocycles. The van der Waals surface area contributed by atoms with Gasteiger partial charge >= 0.3 is 0 Å². The summed E-state index contributed by atoms with van der Waals surface area (Å²) in [6.45, 7) is 1.70. The predicted molar refractivity (Wildman–Crippen MR) is 76.5 cm³/mol. The highest BCUT2D eigenvalue weighted by Crippen LogP contribution is 2.21. The maximum Gasteiger partial charge on any atom is 0.125 e. The van der Waals surface area contributed by atoms with E-state index in [9.17, 15) is 9.50 Å². The Morgan fingerprint density at radius 3 is 2.74 bits per heavy atom. The number of pyridine rings is 1. The fourth-order valence-electron chi connectivity index (χ4n) is 1.83. The van der Waals surface area contributed by atoms with Crippen LogP contribution in [0, 0.1) is 12.7 Å². The summed E-state index contributed by atoms with van der Waals surface area (Å²) in [7, 11) is 0. The lowest BCUT2D eigenvalue weighted by atomic mass is 10.1. The van der Waals surface area contributed by atoms with Crippen LogP contribution in [-0.2, 0) is 0 Å². The van der Waals surface area contributed by atoms with E-state index < -0.39 is 0 Å². The van der Waals surface area contributed by atoms with Gasteiger partial charge in [0.05, 0.1) is 18.3 Å². The van der Waals surface area contributed by atoms with E-state index in [2.05, 4.69) is 26.2 Å². The first-order valence-corrected chi connectivity index (χ1v) is 6.64. The molecule has 1 aromatic heterocycles. The van der Waals surface area contributed by atoms with Crippen molar-refractivity contribution in [3.05, 3.63) is 58.1 Å². The third kappa shape index (κ3) is 3.75. The highest BCUT2D eigenvalue weighted by atomic mass is 79.9. The third-order valence-electron chi connectivity index (χ3n) is 2.67. The van der Waals surface area contributed by atoms with Crippen LogP contribution in [0.2, 0.25) is 0 Å². The molecule has 2 N–H and O–H groups in total. The molecule has 0 spiro atoms. The Kier molecular flexibility index (Phi) is 4.50. The van der Waals surface area contributed by atoms with Crippen LogP contribution < -0.4 is 5.32 Å². The molecule has 0 aliphatic heterocycles. The topological polar surface area (TPSA) is 45.1 Å². The second kappa shape index (κ2) is 6.12. The van der Waals surface area contributed by atoms with Crippen LogP contribution in [-0.4, -0.2) is 16.7 Å². The molecule has 0 fully saturated rings. The fraction of sp³-hybridized carbons (Fsp3) is 0.214. The van der Waals surface area contributed by atoms with Gasteiger partial charge in [-0.2, -0.15) is 0 Å². The van der Waals surface area contributed by atoms with Gasteiger partial charge in [0, 0.05) is 16.4 Å². The molecule has 100 valence electrons. The van der Waals surface area contributed by atoms with Gasteiger partial charge in [-0.15, -0.1) is 0 Å². The lowest BCUT2D eigenvalue weighted by Crippen LogP contribution is -2.16. The Hall–Kier alpha value is -1.46. The molecule has 2 aromatic rings. The minimum absolute atomic E-state index is 0.121. The van der Waals surface area contributed by atoms with Crippen molar-refractivity contribution in [2.45, 2.75) is 13.0 Å². The van der Waals surface area contributed by atoms with Gasteiger partial charge < -0.3 is 10.4 Å². The van der Waals surface area contributed by atoms with Gasteiger partial charge in [-0.1, -0.05) is 0 Å². The second-order valence-electron chi connectivity index (χ2n) is 4.30. The van der Waals surface area contributed by atoms with E-state index in [-0.39, 0.29) is 18.5 Å².